The minimum Gasteiger partial charge on any atom is -0.493 e. The summed E-state index contributed by atoms with van der Waals surface area (Å²) in [4.78, 5) is 21.0. The Morgan fingerprint density at radius 2 is 1.72 bits per heavy atom. The van der Waals surface area contributed by atoms with Gasteiger partial charge in [0.15, 0.2) is 0 Å². The minimum atomic E-state index is -0.270. The average molecular weight is 337 g/mol. The van der Waals surface area contributed by atoms with Crippen LogP contribution in [-0.2, 0) is 0 Å². The van der Waals surface area contributed by atoms with Gasteiger partial charge >= 0.3 is 6.01 Å². The second kappa shape index (κ2) is 7.61. The van der Waals surface area contributed by atoms with Gasteiger partial charge in [0.1, 0.15) is 5.75 Å². The standard InChI is InChI=1S/C19H19N3O3/c1-3-24-16-10-9-13-7-5-6-8-15(13)17(16)18(23)22-14-11-20-19(21-12-14)25-4-2/h5-12H,3-4H2,1-2H3,(H,22,23). The van der Waals surface area contributed by atoms with Crippen molar-refractivity contribution in [2.45, 2.75) is 13.8 Å². The van der Waals surface area contributed by atoms with Crippen molar-refractivity contribution in [3.05, 3.63) is 54.4 Å². The van der Waals surface area contributed by atoms with Gasteiger partial charge in [-0.1, -0.05) is 30.3 Å². The molecule has 0 bridgehead atoms. The van der Waals surface area contributed by atoms with E-state index >= 15 is 0 Å². The number of carbonyl (C=O) groups is 1. The smallest absolute Gasteiger partial charge is 0.316 e. The van der Waals surface area contributed by atoms with Crippen LogP contribution in [0.25, 0.3) is 10.8 Å². The summed E-state index contributed by atoms with van der Waals surface area (Å²) in [5.74, 6) is 0.276. The van der Waals surface area contributed by atoms with E-state index in [4.69, 9.17) is 9.47 Å². The predicted molar refractivity (Wildman–Crippen MR) is 96.3 cm³/mol. The van der Waals surface area contributed by atoms with Gasteiger partial charge in [0.05, 0.1) is 36.9 Å². The highest BCUT2D eigenvalue weighted by atomic mass is 16.5. The van der Waals surface area contributed by atoms with E-state index in [1.165, 1.54) is 12.4 Å². The number of ether oxygens (including phenoxy) is 2. The number of hydrogen-bond acceptors (Lipinski definition) is 5. The summed E-state index contributed by atoms with van der Waals surface area (Å²) in [5, 5.41) is 4.62. The number of hydrogen-bond donors (Lipinski definition) is 1. The zero-order valence-corrected chi connectivity index (χ0v) is 14.2. The highest BCUT2D eigenvalue weighted by Gasteiger charge is 2.17. The molecule has 6 nitrogen and oxygen atoms in total. The van der Waals surface area contributed by atoms with E-state index in [2.05, 4.69) is 15.3 Å². The third-order valence-electron chi connectivity index (χ3n) is 3.58. The topological polar surface area (TPSA) is 73.3 Å². The number of nitrogens with one attached hydrogen (secondary N) is 1. The molecule has 3 rings (SSSR count). The highest BCUT2D eigenvalue weighted by molar-refractivity contribution is 6.14. The van der Waals surface area contributed by atoms with E-state index in [0.717, 1.165) is 10.8 Å². The largest absolute Gasteiger partial charge is 0.493 e. The van der Waals surface area contributed by atoms with E-state index in [-0.39, 0.29) is 11.9 Å². The van der Waals surface area contributed by atoms with Crippen molar-refractivity contribution in [3.8, 4) is 11.8 Å². The number of aromatic nitrogens is 2. The molecule has 1 aromatic heterocycles. The van der Waals surface area contributed by atoms with Crippen molar-refractivity contribution in [1.29, 1.82) is 0 Å². The van der Waals surface area contributed by atoms with E-state index in [1.807, 2.05) is 50.2 Å². The van der Waals surface area contributed by atoms with Crippen LogP contribution in [0, 0.1) is 0 Å². The summed E-state index contributed by atoms with van der Waals surface area (Å²) < 4.78 is 10.8. The van der Waals surface area contributed by atoms with Gasteiger partial charge in [0, 0.05) is 0 Å². The Balaban J connectivity index is 1.94. The van der Waals surface area contributed by atoms with Crippen molar-refractivity contribution in [2.75, 3.05) is 18.5 Å². The number of anilines is 1. The lowest BCUT2D eigenvalue weighted by molar-refractivity contribution is 0.102. The molecule has 3 aromatic rings. The maximum absolute atomic E-state index is 12.9. The zero-order chi connectivity index (χ0) is 17.6. The number of carbonyl (C=O) groups excluding carboxylic acids is 1. The van der Waals surface area contributed by atoms with Gasteiger partial charge in [-0.25, -0.2) is 9.97 Å². The van der Waals surface area contributed by atoms with Crippen LogP contribution in [0.2, 0.25) is 0 Å². The van der Waals surface area contributed by atoms with Gasteiger partial charge in [-0.05, 0) is 30.7 Å². The maximum atomic E-state index is 12.9. The van der Waals surface area contributed by atoms with Crippen LogP contribution < -0.4 is 14.8 Å². The Hall–Kier alpha value is -3.15. The van der Waals surface area contributed by atoms with Gasteiger partial charge in [0.2, 0.25) is 0 Å². The molecule has 128 valence electrons. The summed E-state index contributed by atoms with van der Waals surface area (Å²) in [7, 11) is 0. The molecule has 2 aromatic carbocycles. The Morgan fingerprint density at radius 1 is 1.00 bits per heavy atom. The van der Waals surface area contributed by atoms with Crippen molar-refractivity contribution < 1.29 is 14.3 Å². The lowest BCUT2D eigenvalue weighted by Crippen LogP contribution is -2.15. The quantitative estimate of drug-likeness (QED) is 0.743. The molecule has 0 spiro atoms. The Bertz CT molecular complexity index is 879. The molecule has 0 fully saturated rings. The summed E-state index contributed by atoms with van der Waals surface area (Å²) in [6.07, 6.45) is 3.03. The number of benzene rings is 2. The van der Waals surface area contributed by atoms with E-state index in [9.17, 15) is 4.79 Å². The van der Waals surface area contributed by atoms with Gasteiger partial charge in [-0.15, -0.1) is 0 Å². The van der Waals surface area contributed by atoms with Gasteiger partial charge in [-0.3, -0.25) is 4.79 Å². The first-order valence-electron chi connectivity index (χ1n) is 8.13. The van der Waals surface area contributed by atoms with E-state index in [1.54, 1.807) is 0 Å². The molecular weight excluding hydrogens is 318 g/mol. The minimum absolute atomic E-state index is 0.270. The fourth-order valence-electron chi connectivity index (χ4n) is 2.54. The fourth-order valence-corrected chi connectivity index (χ4v) is 2.54. The first-order valence-corrected chi connectivity index (χ1v) is 8.13. The van der Waals surface area contributed by atoms with Crippen LogP contribution in [0.1, 0.15) is 24.2 Å². The normalized spacial score (nSPS) is 10.5. The molecule has 25 heavy (non-hydrogen) atoms. The Morgan fingerprint density at radius 3 is 2.44 bits per heavy atom. The molecule has 0 aliphatic carbocycles. The van der Waals surface area contributed by atoms with Gasteiger partial charge < -0.3 is 14.8 Å². The molecule has 0 unspecified atom stereocenters. The third kappa shape index (κ3) is 3.68. The molecule has 0 aliphatic heterocycles. The van der Waals surface area contributed by atoms with E-state index < -0.39 is 0 Å². The number of rotatable bonds is 6. The van der Waals surface area contributed by atoms with Gasteiger partial charge in [-0.2, -0.15) is 0 Å². The predicted octanol–water partition coefficient (Wildman–Crippen LogP) is 3.68. The van der Waals surface area contributed by atoms with Crippen LogP contribution in [0.3, 0.4) is 0 Å². The molecule has 0 atom stereocenters. The number of nitrogens with zero attached hydrogens (tertiary/aromatic N) is 2. The van der Waals surface area contributed by atoms with E-state index in [0.29, 0.717) is 30.2 Å². The number of fused-ring (bicyclic) bond motifs is 1. The van der Waals surface area contributed by atoms with Crippen molar-refractivity contribution in [1.82, 2.24) is 9.97 Å². The first-order chi connectivity index (χ1) is 12.2. The summed E-state index contributed by atoms with van der Waals surface area (Å²) in [6, 6.07) is 11.7. The molecule has 0 radical (unpaired) electrons. The fraction of sp³-hybridized carbons (Fsp3) is 0.211. The second-order valence-corrected chi connectivity index (χ2v) is 5.23. The SMILES string of the molecule is CCOc1ncc(NC(=O)c2c(OCC)ccc3ccccc23)cn1. The van der Waals surface area contributed by atoms with Crippen LogP contribution in [0.15, 0.2) is 48.8 Å². The molecule has 1 amide bonds. The van der Waals surface area contributed by atoms with Gasteiger partial charge in [0.25, 0.3) is 5.91 Å². The monoisotopic (exact) mass is 337 g/mol. The maximum Gasteiger partial charge on any atom is 0.316 e. The summed E-state index contributed by atoms with van der Waals surface area (Å²) in [5.41, 5.74) is 0.984. The first kappa shape index (κ1) is 16.7. The molecule has 1 N–H and O–H groups in total. The van der Waals surface area contributed by atoms with Crippen LogP contribution in [0.4, 0.5) is 5.69 Å². The number of amides is 1. The molecular formula is C19H19N3O3. The molecule has 6 heteroatoms. The zero-order valence-electron chi connectivity index (χ0n) is 14.2. The molecule has 0 saturated heterocycles. The summed E-state index contributed by atoms with van der Waals surface area (Å²) in [6.45, 7) is 4.70. The lowest BCUT2D eigenvalue weighted by atomic mass is 10.0. The van der Waals surface area contributed by atoms with Crippen molar-refractivity contribution in [2.24, 2.45) is 0 Å². The molecule has 0 aliphatic rings. The molecule has 1 heterocycles. The van der Waals surface area contributed by atoms with Crippen molar-refractivity contribution in [3.63, 3.8) is 0 Å². The van der Waals surface area contributed by atoms with Crippen LogP contribution in [-0.4, -0.2) is 29.1 Å². The molecule has 0 saturated carbocycles. The van der Waals surface area contributed by atoms with Crippen LogP contribution >= 0.6 is 0 Å². The third-order valence-corrected chi connectivity index (χ3v) is 3.58. The second-order valence-electron chi connectivity index (χ2n) is 5.23. The highest BCUT2D eigenvalue weighted by Crippen LogP contribution is 2.29. The average Bonchev–Trinajstić information content (AvgIpc) is 2.63. The lowest BCUT2D eigenvalue weighted by Gasteiger charge is -2.13. The van der Waals surface area contributed by atoms with Crippen molar-refractivity contribution >= 4 is 22.4 Å². The Labute approximate surface area is 145 Å². The summed E-state index contributed by atoms with van der Waals surface area (Å²) >= 11 is 0. The Kier molecular flexibility index (Phi) is 5.09. The van der Waals surface area contributed by atoms with Crippen LogP contribution in [0.5, 0.6) is 11.8 Å².